The first-order valence-corrected chi connectivity index (χ1v) is 8.37. The van der Waals surface area contributed by atoms with Gasteiger partial charge in [0, 0.05) is 25.3 Å². The summed E-state index contributed by atoms with van der Waals surface area (Å²) in [6, 6.07) is 4.35. The molecule has 0 saturated carbocycles. The van der Waals surface area contributed by atoms with Crippen molar-refractivity contribution in [3.05, 3.63) is 41.3 Å². The van der Waals surface area contributed by atoms with Crippen molar-refractivity contribution >= 4 is 5.91 Å². The van der Waals surface area contributed by atoms with E-state index in [4.69, 9.17) is 4.52 Å². The van der Waals surface area contributed by atoms with Crippen LogP contribution in [-0.2, 0) is 0 Å². The highest BCUT2D eigenvalue weighted by Crippen LogP contribution is 2.31. The molecule has 7 heteroatoms. The van der Waals surface area contributed by atoms with Gasteiger partial charge in [0.1, 0.15) is 5.69 Å². The Kier molecular flexibility index (Phi) is 3.80. The number of hydrogen-bond acceptors (Lipinski definition) is 6. The van der Waals surface area contributed by atoms with Gasteiger partial charge in [-0.15, -0.1) is 0 Å². The maximum atomic E-state index is 12.6. The second-order valence-corrected chi connectivity index (χ2v) is 6.70. The van der Waals surface area contributed by atoms with Gasteiger partial charge in [-0.05, 0) is 51.1 Å². The predicted molar refractivity (Wildman–Crippen MR) is 86.5 cm³/mol. The number of carbonyl (C=O) groups is 1. The molecule has 0 radical (unpaired) electrons. The van der Waals surface area contributed by atoms with E-state index in [2.05, 4.69) is 27.1 Å². The molecule has 0 spiro atoms. The van der Waals surface area contributed by atoms with Gasteiger partial charge < -0.3 is 9.42 Å². The predicted octanol–water partition coefficient (Wildman–Crippen LogP) is 1.78. The maximum absolute atomic E-state index is 12.6. The largest absolute Gasteiger partial charge is 0.339 e. The highest BCUT2D eigenvalue weighted by molar-refractivity contribution is 5.93. The number of aryl methyl sites for hydroxylation is 1. The fourth-order valence-electron chi connectivity index (χ4n) is 3.54. The van der Waals surface area contributed by atoms with Crippen molar-refractivity contribution in [1.29, 1.82) is 0 Å². The molecule has 126 valence electrons. The average Bonchev–Trinajstić information content (AvgIpc) is 3.14. The molecule has 2 saturated heterocycles. The number of rotatable bonds is 3. The molecule has 0 N–H and O–H groups in total. The van der Waals surface area contributed by atoms with Crippen molar-refractivity contribution in [2.45, 2.75) is 31.7 Å². The molecule has 2 aromatic heterocycles. The minimum atomic E-state index is -0.0232. The van der Waals surface area contributed by atoms with Crippen LogP contribution in [0.15, 0.2) is 22.9 Å². The Hall–Kier alpha value is -2.28. The summed E-state index contributed by atoms with van der Waals surface area (Å²) in [7, 11) is 2.13. The summed E-state index contributed by atoms with van der Waals surface area (Å²) in [5.74, 6) is 1.36. The Morgan fingerprint density at radius 2 is 2.21 bits per heavy atom. The molecule has 0 aromatic carbocycles. The second kappa shape index (κ2) is 5.98. The molecule has 4 heterocycles. The summed E-state index contributed by atoms with van der Waals surface area (Å²) in [6.07, 6.45) is 4.08. The lowest BCUT2D eigenvalue weighted by Gasteiger charge is -2.36. The molecular weight excluding hydrogens is 306 g/mol. The van der Waals surface area contributed by atoms with E-state index in [0.717, 1.165) is 13.0 Å². The second-order valence-electron chi connectivity index (χ2n) is 6.70. The Bertz CT molecular complexity index is 753. The first-order valence-electron chi connectivity index (χ1n) is 8.37. The molecule has 2 fully saturated rings. The number of pyridine rings is 1. The zero-order valence-electron chi connectivity index (χ0n) is 14.0. The highest BCUT2D eigenvalue weighted by Gasteiger charge is 2.36. The van der Waals surface area contributed by atoms with Crippen LogP contribution in [0.4, 0.5) is 0 Å². The molecule has 7 nitrogen and oxygen atoms in total. The first-order chi connectivity index (χ1) is 11.6. The van der Waals surface area contributed by atoms with E-state index in [0.29, 0.717) is 36.5 Å². The monoisotopic (exact) mass is 327 g/mol. The molecule has 2 aliphatic heterocycles. The molecule has 0 bridgehead atoms. The Labute approximate surface area is 140 Å². The molecular formula is C17H21N5O2. The zero-order chi connectivity index (χ0) is 16.7. The van der Waals surface area contributed by atoms with Crippen LogP contribution in [0.1, 0.15) is 52.6 Å². The lowest BCUT2D eigenvalue weighted by molar-refractivity contribution is 0.0563. The van der Waals surface area contributed by atoms with Gasteiger partial charge in [0.2, 0.25) is 5.89 Å². The van der Waals surface area contributed by atoms with Crippen molar-refractivity contribution in [2.75, 3.05) is 26.7 Å². The van der Waals surface area contributed by atoms with Gasteiger partial charge in [0.15, 0.2) is 5.82 Å². The number of hydrogen-bond donors (Lipinski definition) is 0. The number of carbonyl (C=O) groups excluding carboxylic acids is 1. The van der Waals surface area contributed by atoms with Gasteiger partial charge in [-0.1, -0.05) is 5.16 Å². The summed E-state index contributed by atoms with van der Waals surface area (Å²) in [6.45, 7) is 4.11. The molecule has 4 rings (SSSR count). The molecule has 1 amide bonds. The lowest BCUT2D eigenvalue weighted by atomic mass is 9.99. The third-order valence-corrected chi connectivity index (χ3v) is 4.97. The smallest absolute Gasteiger partial charge is 0.272 e. The molecule has 24 heavy (non-hydrogen) atoms. The summed E-state index contributed by atoms with van der Waals surface area (Å²) < 4.78 is 5.18. The number of amides is 1. The zero-order valence-corrected chi connectivity index (χ0v) is 14.0. The fraction of sp³-hybridized carbons (Fsp3) is 0.529. The van der Waals surface area contributed by atoms with Crippen molar-refractivity contribution in [1.82, 2.24) is 24.9 Å². The van der Waals surface area contributed by atoms with Crippen LogP contribution in [0.25, 0.3) is 0 Å². The van der Waals surface area contributed by atoms with Crippen molar-refractivity contribution < 1.29 is 9.32 Å². The van der Waals surface area contributed by atoms with Crippen molar-refractivity contribution in [3.63, 3.8) is 0 Å². The van der Waals surface area contributed by atoms with Crippen LogP contribution in [-0.4, -0.2) is 57.5 Å². The van der Waals surface area contributed by atoms with E-state index in [1.165, 1.54) is 12.0 Å². The maximum Gasteiger partial charge on any atom is 0.272 e. The van der Waals surface area contributed by atoms with Gasteiger partial charge in [0.25, 0.3) is 5.91 Å². The number of likely N-dealkylation sites (tertiary alicyclic amines) is 2. The van der Waals surface area contributed by atoms with Gasteiger partial charge in [0.05, 0.1) is 5.92 Å². The molecule has 1 atom stereocenters. The number of aromatic nitrogens is 3. The van der Waals surface area contributed by atoms with Crippen LogP contribution in [0, 0.1) is 6.92 Å². The van der Waals surface area contributed by atoms with Crippen LogP contribution >= 0.6 is 0 Å². The van der Waals surface area contributed by atoms with Crippen molar-refractivity contribution in [2.24, 2.45) is 0 Å². The van der Waals surface area contributed by atoms with E-state index in [-0.39, 0.29) is 11.8 Å². The normalized spacial score (nSPS) is 21.9. The Morgan fingerprint density at radius 3 is 2.88 bits per heavy atom. The summed E-state index contributed by atoms with van der Waals surface area (Å²) in [5, 5.41) is 3.80. The van der Waals surface area contributed by atoms with Crippen LogP contribution in [0.3, 0.4) is 0 Å². The average molecular weight is 327 g/mol. The summed E-state index contributed by atoms with van der Waals surface area (Å²) >= 11 is 0. The van der Waals surface area contributed by atoms with Gasteiger partial charge in [-0.2, -0.15) is 4.98 Å². The Balaban J connectivity index is 1.44. The minimum Gasteiger partial charge on any atom is -0.339 e. The topological polar surface area (TPSA) is 75.4 Å². The van der Waals surface area contributed by atoms with Gasteiger partial charge in [-0.3, -0.25) is 14.7 Å². The summed E-state index contributed by atoms with van der Waals surface area (Å²) in [5.41, 5.74) is 1.70. The standard InChI is InChI=1S/C17H21N5O2/c1-11-19-16(24-20-11)13-9-22(10-13)17(23)14-8-12(5-6-18-14)15-4-3-7-21(15)2/h5-6,8,13,15H,3-4,7,9-10H2,1-2H3/t15-/m1/s1. The third-order valence-electron chi connectivity index (χ3n) is 4.97. The molecule has 2 aromatic rings. The van der Waals surface area contributed by atoms with E-state index < -0.39 is 0 Å². The summed E-state index contributed by atoms with van der Waals surface area (Å²) in [4.78, 5) is 25.3. The quantitative estimate of drug-likeness (QED) is 0.855. The van der Waals surface area contributed by atoms with Gasteiger partial charge >= 0.3 is 0 Å². The van der Waals surface area contributed by atoms with Crippen molar-refractivity contribution in [3.8, 4) is 0 Å². The molecule has 0 aliphatic carbocycles. The SMILES string of the molecule is Cc1noc(C2CN(C(=O)c3cc([C@H]4CCCN4C)ccn3)C2)n1. The van der Waals surface area contributed by atoms with Gasteiger partial charge in [-0.25, -0.2) is 0 Å². The van der Waals surface area contributed by atoms with Crippen LogP contribution in [0.5, 0.6) is 0 Å². The number of nitrogens with zero attached hydrogens (tertiary/aromatic N) is 5. The van der Waals surface area contributed by atoms with E-state index in [9.17, 15) is 4.79 Å². The minimum absolute atomic E-state index is 0.0232. The third kappa shape index (κ3) is 2.69. The van der Waals surface area contributed by atoms with Crippen LogP contribution < -0.4 is 0 Å². The Morgan fingerprint density at radius 1 is 1.38 bits per heavy atom. The lowest BCUT2D eigenvalue weighted by Crippen LogP contribution is -2.48. The van der Waals surface area contributed by atoms with E-state index in [1.807, 2.05) is 12.1 Å². The highest BCUT2D eigenvalue weighted by atomic mass is 16.5. The molecule has 2 aliphatic rings. The molecule has 0 unspecified atom stereocenters. The fourth-order valence-corrected chi connectivity index (χ4v) is 3.54. The first kappa shape index (κ1) is 15.3. The van der Waals surface area contributed by atoms with E-state index in [1.54, 1.807) is 18.0 Å². The van der Waals surface area contributed by atoms with Crippen LogP contribution in [0.2, 0.25) is 0 Å². The van der Waals surface area contributed by atoms with E-state index >= 15 is 0 Å².